The molecule has 1 aromatic heterocycles. The molecule has 0 saturated carbocycles. The standard InChI is InChI=1S/C14H17F2N3S/c1-8-4-3-5-9(2)18(8)19-12-7-10(15)6-11(16)13(12)17-14(19)20/h6-9H,3-5H2,1-2H3,(H,17,20). The van der Waals surface area contributed by atoms with Crippen LogP contribution in [0, 0.1) is 16.4 Å². The fourth-order valence-electron chi connectivity index (χ4n) is 3.15. The molecule has 1 N–H and O–H groups in total. The summed E-state index contributed by atoms with van der Waals surface area (Å²) < 4.78 is 29.5. The Hall–Kier alpha value is -1.43. The zero-order valence-corrected chi connectivity index (χ0v) is 12.3. The first-order valence-corrected chi connectivity index (χ1v) is 7.28. The number of fused-ring (bicyclic) bond motifs is 1. The molecule has 2 atom stereocenters. The SMILES string of the molecule is CC1CCCC(C)N1n1c(=S)[nH]c2c(F)cc(F)cc21. The molecule has 0 spiro atoms. The summed E-state index contributed by atoms with van der Waals surface area (Å²) in [5.41, 5.74) is 0.731. The van der Waals surface area contributed by atoms with E-state index in [1.165, 1.54) is 6.07 Å². The second-order valence-electron chi connectivity index (χ2n) is 5.53. The Morgan fingerprint density at radius 2 is 1.85 bits per heavy atom. The third kappa shape index (κ3) is 2.02. The van der Waals surface area contributed by atoms with Crippen molar-refractivity contribution in [2.75, 3.05) is 5.01 Å². The minimum atomic E-state index is -0.609. The van der Waals surface area contributed by atoms with Gasteiger partial charge in [0, 0.05) is 24.2 Å². The summed E-state index contributed by atoms with van der Waals surface area (Å²) in [5, 5.41) is 2.13. The van der Waals surface area contributed by atoms with Crippen LogP contribution in [0.4, 0.5) is 8.78 Å². The smallest absolute Gasteiger partial charge is 0.197 e. The number of hydrogen-bond donors (Lipinski definition) is 1. The molecule has 2 heterocycles. The number of hydrogen-bond acceptors (Lipinski definition) is 2. The highest BCUT2D eigenvalue weighted by Crippen LogP contribution is 2.26. The molecular weight excluding hydrogens is 280 g/mol. The fraction of sp³-hybridized carbons (Fsp3) is 0.500. The molecule has 6 heteroatoms. The quantitative estimate of drug-likeness (QED) is 0.808. The van der Waals surface area contributed by atoms with Gasteiger partial charge in [-0.15, -0.1) is 0 Å². The van der Waals surface area contributed by atoms with Crippen LogP contribution in [0.5, 0.6) is 0 Å². The Bertz CT molecular complexity index is 696. The van der Waals surface area contributed by atoms with Gasteiger partial charge in [0.25, 0.3) is 0 Å². The number of nitrogens with zero attached hydrogens (tertiary/aromatic N) is 2. The molecule has 3 rings (SSSR count). The van der Waals surface area contributed by atoms with Crippen molar-refractivity contribution < 1.29 is 8.78 Å². The third-order valence-electron chi connectivity index (χ3n) is 4.06. The largest absolute Gasteiger partial charge is 0.327 e. The van der Waals surface area contributed by atoms with Crippen LogP contribution in [0.3, 0.4) is 0 Å². The molecule has 1 aromatic carbocycles. The first-order chi connectivity index (χ1) is 9.49. The van der Waals surface area contributed by atoms with Gasteiger partial charge in [0.1, 0.15) is 11.3 Å². The molecule has 20 heavy (non-hydrogen) atoms. The molecule has 0 amide bonds. The summed E-state index contributed by atoms with van der Waals surface area (Å²) in [7, 11) is 0. The second-order valence-corrected chi connectivity index (χ2v) is 5.92. The molecule has 1 aliphatic heterocycles. The third-order valence-corrected chi connectivity index (χ3v) is 4.34. The predicted octanol–water partition coefficient (Wildman–Crippen LogP) is 3.88. The van der Waals surface area contributed by atoms with Crippen molar-refractivity contribution in [3.63, 3.8) is 0 Å². The highest BCUT2D eigenvalue weighted by molar-refractivity contribution is 7.71. The number of benzene rings is 1. The first kappa shape index (κ1) is 13.5. The van der Waals surface area contributed by atoms with Crippen LogP contribution >= 0.6 is 12.2 Å². The molecule has 1 saturated heterocycles. The van der Waals surface area contributed by atoms with Gasteiger partial charge in [-0.25, -0.2) is 13.5 Å². The molecular formula is C14H17F2N3S. The first-order valence-electron chi connectivity index (χ1n) is 6.87. The molecule has 1 aliphatic rings. The van der Waals surface area contributed by atoms with Gasteiger partial charge in [-0.3, -0.25) is 0 Å². The summed E-state index contributed by atoms with van der Waals surface area (Å²) in [6.07, 6.45) is 3.27. The summed E-state index contributed by atoms with van der Waals surface area (Å²) in [6.45, 7) is 4.23. The van der Waals surface area contributed by atoms with E-state index >= 15 is 0 Å². The molecule has 0 aliphatic carbocycles. The molecule has 0 bridgehead atoms. The normalized spacial score (nSPS) is 23.5. The van der Waals surface area contributed by atoms with Crippen molar-refractivity contribution in [2.24, 2.45) is 0 Å². The predicted molar refractivity (Wildman–Crippen MR) is 78.0 cm³/mol. The maximum absolute atomic E-state index is 13.9. The fourth-order valence-corrected chi connectivity index (χ4v) is 3.45. The Morgan fingerprint density at radius 3 is 2.50 bits per heavy atom. The Labute approximate surface area is 121 Å². The number of H-pyrrole nitrogens is 1. The Balaban J connectivity index is 2.25. The second kappa shape index (κ2) is 4.84. The van der Waals surface area contributed by atoms with Crippen LogP contribution in [0.1, 0.15) is 33.1 Å². The van der Waals surface area contributed by atoms with E-state index < -0.39 is 11.6 Å². The van der Waals surface area contributed by atoms with Crippen LogP contribution in [0.25, 0.3) is 11.0 Å². The highest BCUT2D eigenvalue weighted by Gasteiger charge is 2.27. The molecule has 3 nitrogen and oxygen atoms in total. The lowest BCUT2D eigenvalue weighted by atomic mass is 10.00. The number of rotatable bonds is 1. The Morgan fingerprint density at radius 1 is 1.20 bits per heavy atom. The summed E-state index contributed by atoms with van der Waals surface area (Å²) >= 11 is 5.32. The number of aromatic nitrogens is 2. The van der Waals surface area contributed by atoms with Gasteiger partial charge in [0.05, 0.1) is 5.52 Å². The summed E-state index contributed by atoms with van der Waals surface area (Å²) in [4.78, 5) is 2.86. The van der Waals surface area contributed by atoms with Crippen molar-refractivity contribution >= 4 is 23.3 Å². The van der Waals surface area contributed by atoms with Gasteiger partial charge in [0.15, 0.2) is 10.6 Å². The van der Waals surface area contributed by atoms with E-state index in [-0.39, 0.29) is 17.6 Å². The zero-order chi connectivity index (χ0) is 14.4. The molecule has 0 radical (unpaired) electrons. The van der Waals surface area contributed by atoms with Gasteiger partial charge >= 0.3 is 0 Å². The van der Waals surface area contributed by atoms with Crippen molar-refractivity contribution in [2.45, 2.75) is 45.2 Å². The lowest BCUT2D eigenvalue weighted by Crippen LogP contribution is -2.51. The van der Waals surface area contributed by atoms with E-state index in [0.717, 1.165) is 25.3 Å². The summed E-state index contributed by atoms with van der Waals surface area (Å²) in [5.74, 6) is -1.20. The van der Waals surface area contributed by atoms with Crippen molar-refractivity contribution in [1.82, 2.24) is 9.66 Å². The number of halogens is 2. The van der Waals surface area contributed by atoms with Crippen molar-refractivity contribution in [1.29, 1.82) is 0 Å². The van der Waals surface area contributed by atoms with Crippen LogP contribution < -0.4 is 5.01 Å². The molecule has 108 valence electrons. The van der Waals surface area contributed by atoms with Crippen molar-refractivity contribution in [3.05, 3.63) is 28.5 Å². The topological polar surface area (TPSA) is 24.0 Å². The summed E-state index contributed by atoms with van der Waals surface area (Å²) in [6, 6.07) is 2.78. The van der Waals surface area contributed by atoms with Crippen molar-refractivity contribution in [3.8, 4) is 0 Å². The maximum atomic E-state index is 13.9. The average Bonchev–Trinajstić information content (AvgIpc) is 2.67. The molecule has 1 fully saturated rings. The van der Waals surface area contributed by atoms with E-state index in [0.29, 0.717) is 10.3 Å². The maximum Gasteiger partial charge on any atom is 0.197 e. The Kier molecular flexibility index (Phi) is 3.28. The molecule has 2 aromatic rings. The average molecular weight is 297 g/mol. The minimum absolute atomic E-state index is 0.265. The van der Waals surface area contributed by atoms with Crippen LogP contribution in [0.2, 0.25) is 0 Å². The van der Waals surface area contributed by atoms with Gasteiger partial charge in [-0.05, 0) is 45.3 Å². The number of piperidine rings is 1. The van der Waals surface area contributed by atoms with Gasteiger partial charge in [-0.1, -0.05) is 0 Å². The van der Waals surface area contributed by atoms with Crippen LogP contribution in [-0.2, 0) is 0 Å². The van der Waals surface area contributed by atoms with Crippen LogP contribution in [0.15, 0.2) is 12.1 Å². The lowest BCUT2D eigenvalue weighted by Gasteiger charge is -2.41. The lowest BCUT2D eigenvalue weighted by molar-refractivity contribution is 0.339. The number of nitrogens with one attached hydrogen (secondary N) is 1. The van der Waals surface area contributed by atoms with Gasteiger partial charge in [-0.2, -0.15) is 0 Å². The zero-order valence-electron chi connectivity index (χ0n) is 11.5. The van der Waals surface area contributed by atoms with Crippen LogP contribution in [-0.4, -0.2) is 21.7 Å². The monoisotopic (exact) mass is 297 g/mol. The molecule has 2 unspecified atom stereocenters. The number of imidazole rings is 1. The van der Waals surface area contributed by atoms with E-state index in [2.05, 4.69) is 23.8 Å². The van der Waals surface area contributed by atoms with Gasteiger partial charge < -0.3 is 9.99 Å². The van der Waals surface area contributed by atoms with E-state index in [1.807, 2.05) is 0 Å². The van der Waals surface area contributed by atoms with E-state index in [4.69, 9.17) is 12.2 Å². The van der Waals surface area contributed by atoms with E-state index in [9.17, 15) is 8.78 Å². The highest BCUT2D eigenvalue weighted by atomic mass is 32.1. The van der Waals surface area contributed by atoms with Gasteiger partial charge in [0.2, 0.25) is 0 Å². The van der Waals surface area contributed by atoms with E-state index in [1.54, 1.807) is 4.68 Å². The number of aromatic amines is 1. The minimum Gasteiger partial charge on any atom is -0.327 e.